The predicted octanol–water partition coefficient (Wildman–Crippen LogP) is 5.83. The minimum absolute atomic E-state index is 0.295. The van der Waals surface area contributed by atoms with Gasteiger partial charge in [0.05, 0.1) is 12.2 Å². The Bertz CT molecular complexity index is 687. The van der Waals surface area contributed by atoms with E-state index < -0.39 is 18.2 Å². The smallest absolute Gasteiger partial charge is 0.493 e. The van der Waals surface area contributed by atoms with Gasteiger partial charge < -0.3 is 19.3 Å². The number of fused-ring (bicyclic) bond motifs is 1. The standard InChI is InChI=1S/C23H32O6/c1-2-26-18-14-9-15-19-20(18)23(16-10-5-3-6-11-16,17-12-7-4-8-13-17)29-22(27-19)28-21(24)25/h9,14-17,22H,2-8,10-13H2,1H3,(H,24,25). The Balaban J connectivity index is 1.86. The van der Waals surface area contributed by atoms with Gasteiger partial charge in [-0.05, 0) is 56.6 Å². The predicted molar refractivity (Wildman–Crippen MR) is 107 cm³/mol. The van der Waals surface area contributed by atoms with Gasteiger partial charge in [-0.15, -0.1) is 0 Å². The van der Waals surface area contributed by atoms with Crippen LogP contribution in [-0.4, -0.2) is 24.3 Å². The molecular weight excluding hydrogens is 372 g/mol. The second-order valence-corrected chi connectivity index (χ2v) is 8.43. The highest BCUT2D eigenvalue weighted by molar-refractivity contribution is 5.57. The van der Waals surface area contributed by atoms with Crippen molar-refractivity contribution in [1.82, 2.24) is 0 Å². The van der Waals surface area contributed by atoms with Crippen LogP contribution in [0.25, 0.3) is 0 Å². The molecule has 1 aromatic rings. The number of hydrogen-bond donors (Lipinski definition) is 1. The lowest BCUT2D eigenvalue weighted by molar-refractivity contribution is -0.324. The highest BCUT2D eigenvalue weighted by atomic mass is 16.9. The molecule has 1 unspecified atom stereocenters. The lowest BCUT2D eigenvalue weighted by Gasteiger charge is -2.52. The molecule has 6 nitrogen and oxygen atoms in total. The average Bonchev–Trinajstić information content (AvgIpc) is 2.74. The summed E-state index contributed by atoms with van der Waals surface area (Å²) in [5.74, 6) is 2.01. The highest BCUT2D eigenvalue weighted by Gasteiger charge is 2.55. The molecule has 1 N–H and O–H groups in total. The molecular formula is C23H32O6. The number of hydrogen-bond acceptors (Lipinski definition) is 5. The molecule has 4 rings (SSSR count). The Morgan fingerprint density at radius 3 is 2.24 bits per heavy atom. The van der Waals surface area contributed by atoms with E-state index in [4.69, 9.17) is 18.9 Å². The van der Waals surface area contributed by atoms with Crippen molar-refractivity contribution >= 4 is 6.16 Å². The van der Waals surface area contributed by atoms with Crippen molar-refractivity contribution in [2.45, 2.75) is 83.2 Å². The zero-order valence-corrected chi connectivity index (χ0v) is 17.2. The van der Waals surface area contributed by atoms with Crippen LogP contribution in [0.1, 0.15) is 76.7 Å². The number of benzene rings is 1. The van der Waals surface area contributed by atoms with Gasteiger partial charge in [0.1, 0.15) is 17.1 Å². The van der Waals surface area contributed by atoms with E-state index >= 15 is 0 Å². The summed E-state index contributed by atoms with van der Waals surface area (Å²) >= 11 is 0. The van der Waals surface area contributed by atoms with Crippen molar-refractivity contribution in [3.8, 4) is 11.5 Å². The summed E-state index contributed by atoms with van der Waals surface area (Å²) in [7, 11) is 0. The molecule has 1 heterocycles. The van der Waals surface area contributed by atoms with Gasteiger partial charge in [0.2, 0.25) is 0 Å². The Kier molecular flexibility index (Phi) is 6.18. The zero-order chi connectivity index (χ0) is 20.3. The van der Waals surface area contributed by atoms with E-state index in [9.17, 15) is 9.90 Å². The van der Waals surface area contributed by atoms with Crippen LogP contribution in [0.4, 0.5) is 4.79 Å². The van der Waals surface area contributed by atoms with E-state index in [-0.39, 0.29) is 0 Å². The van der Waals surface area contributed by atoms with Gasteiger partial charge in [-0.25, -0.2) is 4.79 Å². The van der Waals surface area contributed by atoms with Gasteiger partial charge in [-0.3, -0.25) is 4.74 Å². The molecule has 1 aromatic carbocycles. The molecule has 2 saturated carbocycles. The lowest BCUT2D eigenvalue weighted by atomic mass is 9.62. The molecule has 3 aliphatic rings. The van der Waals surface area contributed by atoms with Gasteiger partial charge in [0, 0.05) is 0 Å². The van der Waals surface area contributed by atoms with Gasteiger partial charge in [0.25, 0.3) is 0 Å². The quantitative estimate of drug-likeness (QED) is 0.623. The highest BCUT2D eigenvalue weighted by Crippen LogP contribution is 2.58. The summed E-state index contributed by atoms with van der Waals surface area (Å²) in [5.41, 5.74) is 0.325. The lowest BCUT2D eigenvalue weighted by Crippen LogP contribution is -2.53. The van der Waals surface area contributed by atoms with Crippen molar-refractivity contribution < 1.29 is 28.8 Å². The monoisotopic (exact) mass is 404 g/mol. The largest absolute Gasteiger partial charge is 0.510 e. The summed E-state index contributed by atoms with van der Waals surface area (Å²) in [6.07, 6.45) is 10.0. The van der Waals surface area contributed by atoms with E-state index in [1.807, 2.05) is 25.1 Å². The molecule has 0 bridgehead atoms. The number of ether oxygens (including phenoxy) is 4. The van der Waals surface area contributed by atoms with Crippen LogP contribution >= 0.6 is 0 Å². The molecule has 6 heteroatoms. The minimum Gasteiger partial charge on any atom is -0.493 e. The molecule has 29 heavy (non-hydrogen) atoms. The van der Waals surface area contributed by atoms with E-state index in [1.54, 1.807) is 0 Å². The molecule has 0 saturated heterocycles. The normalized spacial score (nSPS) is 24.9. The molecule has 0 aromatic heterocycles. The summed E-state index contributed by atoms with van der Waals surface area (Å²) in [6.45, 7) is 1.28. The van der Waals surface area contributed by atoms with E-state index in [2.05, 4.69) is 0 Å². The summed E-state index contributed by atoms with van der Waals surface area (Å²) in [5, 5.41) is 9.24. The van der Waals surface area contributed by atoms with Crippen LogP contribution in [0, 0.1) is 11.8 Å². The minimum atomic E-state index is -1.39. The third kappa shape index (κ3) is 3.91. The van der Waals surface area contributed by atoms with Crippen LogP contribution in [0.3, 0.4) is 0 Å². The van der Waals surface area contributed by atoms with Crippen LogP contribution in [-0.2, 0) is 15.1 Å². The number of carboxylic acid groups (broad SMARTS) is 1. The maximum atomic E-state index is 11.3. The molecule has 2 fully saturated rings. The van der Waals surface area contributed by atoms with Crippen LogP contribution < -0.4 is 9.47 Å². The Labute approximate surface area is 172 Å². The van der Waals surface area contributed by atoms with Crippen molar-refractivity contribution in [2.75, 3.05) is 6.61 Å². The molecule has 160 valence electrons. The third-order valence-corrected chi connectivity index (χ3v) is 6.81. The van der Waals surface area contributed by atoms with Gasteiger partial charge in [-0.1, -0.05) is 44.6 Å². The molecule has 2 aliphatic carbocycles. The van der Waals surface area contributed by atoms with E-state index in [0.29, 0.717) is 24.2 Å². The fourth-order valence-corrected chi connectivity index (χ4v) is 5.74. The van der Waals surface area contributed by atoms with Crippen molar-refractivity contribution in [3.05, 3.63) is 23.8 Å². The van der Waals surface area contributed by atoms with Crippen molar-refractivity contribution in [2.24, 2.45) is 11.8 Å². The van der Waals surface area contributed by atoms with Gasteiger partial charge >= 0.3 is 12.6 Å². The fourth-order valence-electron chi connectivity index (χ4n) is 5.74. The van der Waals surface area contributed by atoms with Crippen LogP contribution in [0.15, 0.2) is 18.2 Å². The molecule has 1 atom stereocenters. The molecule has 0 amide bonds. The first-order valence-corrected chi connectivity index (χ1v) is 11.2. The Morgan fingerprint density at radius 2 is 1.69 bits per heavy atom. The van der Waals surface area contributed by atoms with E-state index in [0.717, 1.165) is 37.0 Å². The maximum Gasteiger partial charge on any atom is 0.510 e. The SMILES string of the molecule is CCOc1cccc2c1C(C1CCCCC1)(C1CCCCC1)OC(OC(=O)O)O2. The van der Waals surface area contributed by atoms with Crippen LogP contribution in [0.2, 0.25) is 0 Å². The van der Waals surface area contributed by atoms with Gasteiger partial charge in [-0.2, -0.15) is 0 Å². The molecule has 1 aliphatic heterocycles. The maximum absolute atomic E-state index is 11.3. The average molecular weight is 405 g/mol. The van der Waals surface area contributed by atoms with Crippen molar-refractivity contribution in [3.63, 3.8) is 0 Å². The third-order valence-electron chi connectivity index (χ3n) is 6.81. The summed E-state index contributed by atoms with van der Waals surface area (Å²) in [6, 6.07) is 5.76. The second-order valence-electron chi connectivity index (χ2n) is 8.43. The first-order chi connectivity index (χ1) is 14.1. The summed E-state index contributed by atoms with van der Waals surface area (Å²) < 4.78 is 23.5. The van der Waals surface area contributed by atoms with Gasteiger partial charge in [0.15, 0.2) is 0 Å². The molecule has 0 radical (unpaired) electrons. The van der Waals surface area contributed by atoms with Crippen LogP contribution in [0.5, 0.6) is 11.5 Å². The summed E-state index contributed by atoms with van der Waals surface area (Å²) in [4.78, 5) is 11.3. The first-order valence-electron chi connectivity index (χ1n) is 11.2. The Hall–Kier alpha value is -1.95. The zero-order valence-electron chi connectivity index (χ0n) is 17.2. The van der Waals surface area contributed by atoms with E-state index in [1.165, 1.54) is 38.5 Å². The topological polar surface area (TPSA) is 74.2 Å². The Morgan fingerprint density at radius 1 is 1.07 bits per heavy atom. The fraction of sp³-hybridized carbons (Fsp3) is 0.696. The number of carbonyl (C=O) groups is 1. The van der Waals surface area contributed by atoms with Crippen molar-refractivity contribution in [1.29, 1.82) is 0 Å². The second kappa shape index (κ2) is 8.82. The molecule has 0 spiro atoms. The first kappa shape index (κ1) is 20.3. The number of rotatable bonds is 5.